The van der Waals surface area contributed by atoms with Crippen molar-refractivity contribution < 1.29 is 9.21 Å². The Labute approximate surface area is 144 Å². The Kier molecular flexibility index (Phi) is 4.21. The SMILES string of the molecule is O=C([C@H]1CCc2[nH]ncc2C1)N(Cc1ccco1)Cc1cccs1. The van der Waals surface area contributed by atoms with Gasteiger partial charge in [0, 0.05) is 16.5 Å². The molecule has 1 atom stereocenters. The summed E-state index contributed by atoms with van der Waals surface area (Å²) in [5.41, 5.74) is 2.35. The highest BCUT2D eigenvalue weighted by Crippen LogP contribution is 2.27. The molecule has 24 heavy (non-hydrogen) atoms. The highest BCUT2D eigenvalue weighted by molar-refractivity contribution is 7.09. The maximum absolute atomic E-state index is 13.1. The summed E-state index contributed by atoms with van der Waals surface area (Å²) in [6, 6.07) is 7.88. The van der Waals surface area contributed by atoms with Crippen LogP contribution in [0, 0.1) is 5.92 Å². The number of nitrogens with one attached hydrogen (secondary N) is 1. The molecule has 3 aromatic heterocycles. The van der Waals surface area contributed by atoms with Crippen LogP contribution in [0.1, 0.15) is 28.3 Å². The lowest BCUT2D eigenvalue weighted by Gasteiger charge is -2.28. The maximum Gasteiger partial charge on any atom is 0.226 e. The number of furan rings is 1. The van der Waals surface area contributed by atoms with Gasteiger partial charge in [-0.05, 0) is 48.4 Å². The molecular formula is C18H19N3O2S. The zero-order valence-electron chi connectivity index (χ0n) is 13.3. The molecule has 1 amide bonds. The second-order valence-electron chi connectivity index (χ2n) is 6.17. The van der Waals surface area contributed by atoms with Crippen LogP contribution in [-0.2, 0) is 30.7 Å². The number of rotatable bonds is 5. The normalized spacial score (nSPS) is 16.8. The average Bonchev–Trinajstić information content (AvgIpc) is 3.35. The molecule has 0 fully saturated rings. The van der Waals surface area contributed by atoms with E-state index >= 15 is 0 Å². The molecule has 3 aromatic rings. The van der Waals surface area contributed by atoms with Crippen molar-refractivity contribution in [2.45, 2.75) is 32.4 Å². The lowest BCUT2D eigenvalue weighted by atomic mass is 9.87. The predicted octanol–water partition coefficient (Wildman–Crippen LogP) is 3.40. The summed E-state index contributed by atoms with van der Waals surface area (Å²) < 4.78 is 5.46. The molecule has 4 rings (SSSR count). The van der Waals surface area contributed by atoms with E-state index in [4.69, 9.17) is 4.42 Å². The molecule has 1 aliphatic rings. The number of carbonyl (C=O) groups excluding carboxylic acids is 1. The third-order valence-electron chi connectivity index (χ3n) is 4.53. The minimum absolute atomic E-state index is 0.0185. The first-order chi connectivity index (χ1) is 11.8. The van der Waals surface area contributed by atoms with E-state index in [1.807, 2.05) is 34.7 Å². The van der Waals surface area contributed by atoms with Crippen LogP contribution in [0.3, 0.4) is 0 Å². The Morgan fingerprint density at radius 3 is 3.12 bits per heavy atom. The van der Waals surface area contributed by atoms with Gasteiger partial charge < -0.3 is 9.32 Å². The molecule has 3 heterocycles. The fourth-order valence-corrected chi connectivity index (χ4v) is 4.00. The van der Waals surface area contributed by atoms with Gasteiger partial charge in [-0.2, -0.15) is 5.10 Å². The van der Waals surface area contributed by atoms with Gasteiger partial charge in [-0.3, -0.25) is 9.89 Å². The molecule has 1 N–H and O–H groups in total. The van der Waals surface area contributed by atoms with Crippen molar-refractivity contribution in [1.82, 2.24) is 15.1 Å². The molecule has 5 nitrogen and oxygen atoms in total. The standard InChI is InChI=1S/C18H19N3O2S/c22-18(13-5-6-17-14(9-13)10-19-20-17)21(11-15-3-1-7-23-15)12-16-4-2-8-24-16/h1-4,7-8,10,13H,5-6,9,11-12H2,(H,19,20)/t13-/m0/s1. The van der Waals surface area contributed by atoms with E-state index in [1.54, 1.807) is 17.6 Å². The number of hydrogen-bond donors (Lipinski definition) is 1. The fraction of sp³-hybridized carbons (Fsp3) is 0.333. The number of thiophene rings is 1. The molecule has 0 saturated carbocycles. The van der Waals surface area contributed by atoms with Gasteiger partial charge in [0.15, 0.2) is 0 Å². The average molecular weight is 341 g/mol. The third-order valence-corrected chi connectivity index (χ3v) is 5.39. The Morgan fingerprint density at radius 2 is 2.33 bits per heavy atom. The van der Waals surface area contributed by atoms with Crippen molar-refractivity contribution in [3.63, 3.8) is 0 Å². The van der Waals surface area contributed by atoms with E-state index in [0.29, 0.717) is 13.1 Å². The lowest BCUT2D eigenvalue weighted by molar-refractivity contribution is -0.137. The van der Waals surface area contributed by atoms with Crippen molar-refractivity contribution in [2.24, 2.45) is 5.92 Å². The van der Waals surface area contributed by atoms with Crippen LogP contribution < -0.4 is 0 Å². The number of aryl methyl sites for hydroxylation is 1. The Morgan fingerprint density at radius 1 is 1.38 bits per heavy atom. The largest absolute Gasteiger partial charge is 0.467 e. The molecule has 6 heteroatoms. The molecular weight excluding hydrogens is 322 g/mol. The third kappa shape index (κ3) is 3.14. The second-order valence-corrected chi connectivity index (χ2v) is 7.20. The first-order valence-corrected chi connectivity index (χ1v) is 9.02. The zero-order valence-corrected chi connectivity index (χ0v) is 14.1. The first kappa shape index (κ1) is 15.2. The van der Waals surface area contributed by atoms with Gasteiger partial charge in [-0.25, -0.2) is 0 Å². The number of H-pyrrole nitrogens is 1. The molecule has 0 unspecified atom stereocenters. The van der Waals surface area contributed by atoms with Crippen molar-refractivity contribution in [3.8, 4) is 0 Å². The Hall–Kier alpha value is -2.34. The van der Waals surface area contributed by atoms with Crippen molar-refractivity contribution in [3.05, 3.63) is 64.0 Å². The van der Waals surface area contributed by atoms with E-state index < -0.39 is 0 Å². The number of fused-ring (bicyclic) bond motifs is 1. The number of aromatic nitrogens is 2. The van der Waals surface area contributed by atoms with Crippen LogP contribution in [0.5, 0.6) is 0 Å². The van der Waals surface area contributed by atoms with Crippen LogP contribution in [-0.4, -0.2) is 21.0 Å². The topological polar surface area (TPSA) is 62.1 Å². The van der Waals surface area contributed by atoms with Gasteiger partial charge in [0.05, 0.1) is 25.5 Å². The quantitative estimate of drug-likeness (QED) is 0.774. The van der Waals surface area contributed by atoms with E-state index in [0.717, 1.165) is 25.0 Å². The van der Waals surface area contributed by atoms with Gasteiger partial charge in [-0.15, -0.1) is 11.3 Å². The molecule has 0 aromatic carbocycles. The molecule has 0 aliphatic heterocycles. The van der Waals surface area contributed by atoms with Crippen LogP contribution in [0.2, 0.25) is 0 Å². The van der Waals surface area contributed by atoms with Crippen LogP contribution in [0.25, 0.3) is 0 Å². The second kappa shape index (κ2) is 6.65. The van der Waals surface area contributed by atoms with Crippen molar-refractivity contribution >= 4 is 17.2 Å². The van der Waals surface area contributed by atoms with Gasteiger partial charge >= 0.3 is 0 Å². The first-order valence-electron chi connectivity index (χ1n) is 8.14. The molecule has 0 radical (unpaired) electrons. The van der Waals surface area contributed by atoms with E-state index in [9.17, 15) is 4.79 Å². The Bertz CT molecular complexity index is 756. The molecule has 1 aliphatic carbocycles. The van der Waals surface area contributed by atoms with E-state index in [2.05, 4.69) is 16.3 Å². The summed E-state index contributed by atoms with van der Waals surface area (Å²) in [7, 11) is 0. The summed E-state index contributed by atoms with van der Waals surface area (Å²) in [6.45, 7) is 1.14. The van der Waals surface area contributed by atoms with Gasteiger partial charge in [0.1, 0.15) is 5.76 Å². The summed E-state index contributed by atoms with van der Waals surface area (Å²) in [5, 5.41) is 9.18. The number of carbonyl (C=O) groups is 1. The number of amides is 1. The van der Waals surface area contributed by atoms with Crippen LogP contribution >= 0.6 is 11.3 Å². The summed E-state index contributed by atoms with van der Waals surface area (Å²) in [4.78, 5) is 16.2. The number of hydrogen-bond acceptors (Lipinski definition) is 4. The summed E-state index contributed by atoms with van der Waals surface area (Å²) in [6.07, 6.45) is 6.03. The van der Waals surface area contributed by atoms with Gasteiger partial charge in [-0.1, -0.05) is 6.07 Å². The van der Waals surface area contributed by atoms with E-state index in [1.165, 1.54) is 16.1 Å². The summed E-state index contributed by atoms with van der Waals surface area (Å²) >= 11 is 1.68. The van der Waals surface area contributed by atoms with Crippen LogP contribution in [0.4, 0.5) is 0 Å². The van der Waals surface area contributed by atoms with Crippen molar-refractivity contribution in [2.75, 3.05) is 0 Å². The monoisotopic (exact) mass is 341 g/mol. The van der Waals surface area contributed by atoms with Crippen LogP contribution in [0.15, 0.2) is 46.5 Å². The lowest BCUT2D eigenvalue weighted by Crippen LogP contribution is -2.37. The molecule has 0 saturated heterocycles. The molecule has 0 bridgehead atoms. The highest BCUT2D eigenvalue weighted by atomic mass is 32.1. The highest BCUT2D eigenvalue weighted by Gasteiger charge is 2.29. The minimum Gasteiger partial charge on any atom is -0.467 e. The van der Waals surface area contributed by atoms with Gasteiger partial charge in [0.2, 0.25) is 5.91 Å². The molecule has 0 spiro atoms. The predicted molar refractivity (Wildman–Crippen MR) is 91.4 cm³/mol. The van der Waals surface area contributed by atoms with E-state index in [-0.39, 0.29) is 11.8 Å². The van der Waals surface area contributed by atoms with Crippen molar-refractivity contribution in [1.29, 1.82) is 0 Å². The minimum atomic E-state index is 0.0185. The Balaban J connectivity index is 1.52. The maximum atomic E-state index is 13.1. The smallest absolute Gasteiger partial charge is 0.226 e. The van der Waals surface area contributed by atoms with Gasteiger partial charge in [0.25, 0.3) is 0 Å². The summed E-state index contributed by atoms with van der Waals surface area (Å²) in [5.74, 6) is 1.04. The fourth-order valence-electron chi connectivity index (χ4n) is 3.28. The number of aromatic amines is 1. The molecule has 124 valence electrons. The zero-order chi connectivity index (χ0) is 16.4. The number of nitrogens with zero attached hydrogens (tertiary/aromatic N) is 2.